The Hall–Kier alpha value is -3.14. The number of nitro benzene ring substituents is 1. The highest BCUT2D eigenvalue weighted by Gasteiger charge is 2.29. The molecule has 2 aromatic rings. The molecule has 0 aliphatic rings. The number of rotatable bonds is 9. The van der Waals surface area contributed by atoms with Crippen molar-refractivity contribution in [3.05, 3.63) is 58.1 Å². The first-order chi connectivity index (χ1) is 14.5. The topological polar surface area (TPSA) is 119 Å². The predicted octanol–water partition coefficient (Wildman–Crippen LogP) is 3.27. The number of methoxy groups -OCH3 is 1. The molecule has 31 heavy (non-hydrogen) atoms. The Morgan fingerprint density at radius 1 is 1.16 bits per heavy atom. The number of aryl methyl sites for hydroxylation is 1. The standard InChI is InChI=1S/C21H27N3O6S/c1-14(2)16(4)22-21(25)13-23(17-7-9-18(30-5)10-8-17)31(28,29)19-11-6-15(3)20(12-19)24(26)27/h6-12,14,16H,13H2,1-5H3,(H,22,25)/t16-/m1/s1. The van der Waals surface area contributed by atoms with Crippen LogP contribution in [0.15, 0.2) is 47.4 Å². The van der Waals surface area contributed by atoms with Crippen LogP contribution in [0.5, 0.6) is 5.75 Å². The van der Waals surface area contributed by atoms with Crippen LogP contribution in [0.2, 0.25) is 0 Å². The van der Waals surface area contributed by atoms with E-state index in [0.717, 1.165) is 10.4 Å². The van der Waals surface area contributed by atoms with Crippen molar-refractivity contribution in [2.75, 3.05) is 18.0 Å². The highest BCUT2D eigenvalue weighted by molar-refractivity contribution is 7.92. The lowest BCUT2D eigenvalue weighted by molar-refractivity contribution is -0.385. The third-order valence-electron chi connectivity index (χ3n) is 5.00. The number of hydrogen-bond acceptors (Lipinski definition) is 6. The Labute approximate surface area is 182 Å². The smallest absolute Gasteiger partial charge is 0.273 e. The Balaban J connectivity index is 2.51. The summed E-state index contributed by atoms with van der Waals surface area (Å²) in [6.07, 6.45) is 0. The van der Waals surface area contributed by atoms with Crippen molar-refractivity contribution in [3.63, 3.8) is 0 Å². The molecule has 0 spiro atoms. The molecule has 0 radical (unpaired) electrons. The van der Waals surface area contributed by atoms with Gasteiger partial charge in [0, 0.05) is 17.7 Å². The molecule has 0 bridgehead atoms. The Morgan fingerprint density at radius 3 is 2.29 bits per heavy atom. The van der Waals surface area contributed by atoms with Gasteiger partial charge in [0.05, 0.1) is 22.6 Å². The van der Waals surface area contributed by atoms with Gasteiger partial charge >= 0.3 is 0 Å². The van der Waals surface area contributed by atoms with Crippen molar-refractivity contribution in [1.29, 1.82) is 0 Å². The lowest BCUT2D eigenvalue weighted by Gasteiger charge is -2.26. The summed E-state index contributed by atoms with van der Waals surface area (Å²) in [5.74, 6) is 0.196. The van der Waals surface area contributed by atoms with Crippen LogP contribution in [0.25, 0.3) is 0 Å². The highest BCUT2D eigenvalue weighted by Crippen LogP contribution is 2.29. The molecule has 2 rings (SSSR count). The van der Waals surface area contributed by atoms with Crippen LogP contribution >= 0.6 is 0 Å². The van der Waals surface area contributed by atoms with Gasteiger partial charge in [-0.3, -0.25) is 19.2 Å². The Morgan fingerprint density at radius 2 is 1.77 bits per heavy atom. The Bertz CT molecular complexity index is 1050. The van der Waals surface area contributed by atoms with Crippen molar-refractivity contribution in [2.24, 2.45) is 5.92 Å². The average Bonchev–Trinajstić information content (AvgIpc) is 2.71. The van der Waals surface area contributed by atoms with Gasteiger partial charge in [-0.15, -0.1) is 0 Å². The fourth-order valence-electron chi connectivity index (χ4n) is 2.73. The van der Waals surface area contributed by atoms with Crippen LogP contribution in [0.3, 0.4) is 0 Å². The van der Waals surface area contributed by atoms with Crippen molar-refractivity contribution in [3.8, 4) is 5.75 Å². The van der Waals surface area contributed by atoms with Gasteiger partial charge in [0.2, 0.25) is 5.91 Å². The summed E-state index contributed by atoms with van der Waals surface area (Å²) in [7, 11) is -2.79. The third-order valence-corrected chi connectivity index (χ3v) is 6.77. The molecule has 0 aliphatic heterocycles. The highest BCUT2D eigenvalue weighted by atomic mass is 32.2. The van der Waals surface area contributed by atoms with Gasteiger partial charge in [0.1, 0.15) is 12.3 Å². The maximum atomic E-state index is 13.4. The van der Waals surface area contributed by atoms with Crippen LogP contribution in [0.4, 0.5) is 11.4 Å². The molecule has 1 atom stereocenters. The zero-order valence-electron chi connectivity index (χ0n) is 18.2. The van der Waals surface area contributed by atoms with E-state index in [2.05, 4.69) is 5.32 Å². The minimum absolute atomic E-state index is 0.159. The number of nitro groups is 1. The van der Waals surface area contributed by atoms with E-state index in [0.29, 0.717) is 11.3 Å². The Kier molecular flexibility index (Phi) is 7.61. The molecular formula is C21H27N3O6S. The fraction of sp³-hybridized carbons (Fsp3) is 0.381. The van der Waals surface area contributed by atoms with Gasteiger partial charge in [0.25, 0.3) is 15.7 Å². The molecule has 0 heterocycles. The fourth-order valence-corrected chi connectivity index (χ4v) is 4.18. The number of amides is 1. The third kappa shape index (κ3) is 5.72. The minimum atomic E-state index is -4.27. The summed E-state index contributed by atoms with van der Waals surface area (Å²) < 4.78 is 32.9. The summed E-state index contributed by atoms with van der Waals surface area (Å²) in [5, 5.41) is 14.1. The monoisotopic (exact) mass is 449 g/mol. The minimum Gasteiger partial charge on any atom is -0.497 e. The zero-order chi connectivity index (χ0) is 23.3. The van der Waals surface area contributed by atoms with E-state index in [-0.39, 0.29) is 28.2 Å². The predicted molar refractivity (Wildman–Crippen MR) is 118 cm³/mol. The first-order valence-corrected chi connectivity index (χ1v) is 11.1. The number of benzene rings is 2. The number of carbonyl (C=O) groups is 1. The lowest BCUT2D eigenvalue weighted by Crippen LogP contribution is -2.45. The first kappa shape index (κ1) is 24.1. The van der Waals surface area contributed by atoms with E-state index >= 15 is 0 Å². The SMILES string of the molecule is COc1ccc(N(CC(=O)N[C@H](C)C(C)C)S(=O)(=O)c2ccc(C)c([N+](=O)[O-])c2)cc1. The molecule has 168 valence electrons. The van der Waals surface area contributed by atoms with Gasteiger partial charge in [-0.05, 0) is 50.1 Å². The zero-order valence-corrected chi connectivity index (χ0v) is 19.0. The normalized spacial score (nSPS) is 12.3. The summed E-state index contributed by atoms with van der Waals surface area (Å²) in [6, 6.07) is 9.69. The molecule has 2 aromatic carbocycles. The molecule has 10 heteroatoms. The van der Waals surface area contributed by atoms with E-state index in [9.17, 15) is 23.3 Å². The van der Waals surface area contributed by atoms with Crippen LogP contribution in [0, 0.1) is 23.0 Å². The van der Waals surface area contributed by atoms with Crippen LogP contribution < -0.4 is 14.4 Å². The van der Waals surface area contributed by atoms with E-state index in [4.69, 9.17) is 4.74 Å². The van der Waals surface area contributed by atoms with Crippen molar-refractivity contribution >= 4 is 27.3 Å². The van der Waals surface area contributed by atoms with E-state index in [1.54, 1.807) is 12.1 Å². The van der Waals surface area contributed by atoms with Gasteiger partial charge in [0.15, 0.2) is 0 Å². The number of nitrogens with one attached hydrogen (secondary N) is 1. The maximum Gasteiger partial charge on any atom is 0.273 e. The molecule has 1 N–H and O–H groups in total. The number of sulfonamides is 1. The maximum absolute atomic E-state index is 13.4. The van der Waals surface area contributed by atoms with Crippen LogP contribution in [-0.2, 0) is 14.8 Å². The lowest BCUT2D eigenvalue weighted by atomic mass is 10.1. The molecule has 0 fully saturated rings. The number of ether oxygens (including phenoxy) is 1. The second kappa shape index (κ2) is 9.78. The van der Waals surface area contributed by atoms with E-state index < -0.39 is 27.4 Å². The molecule has 0 saturated heterocycles. The van der Waals surface area contributed by atoms with Crippen LogP contribution in [-0.4, -0.2) is 38.9 Å². The average molecular weight is 450 g/mol. The molecule has 1 amide bonds. The van der Waals surface area contributed by atoms with E-state index in [1.807, 2.05) is 20.8 Å². The molecular weight excluding hydrogens is 422 g/mol. The number of hydrogen-bond donors (Lipinski definition) is 1. The summed E-state index contributed by atoms with van der Waals surface area (Å²) in [6.45, 7) is 6.75. The second-order valence-corrected chi connectivity index (χ2v) is 9.38. The van der Waals surface area contributed by atoms with E-state index in [1.165, 1.54) is 38.3 Å². The molecule has 0 saturated carbocycles. The van der Waals surface area contributed by atoms with Gasteiger partial charge in [-0.1, -0.05) is 19.9 Å². The molecule has 0 aromatic heterocycles. The molecule has 0 unspecified atom stereocenters. The van der Waals surface area contributed by atoms with Crippen LogP contribution in [0.1, 0.15) is 26.3 Å². The first-order valence-electron chi connectivity index (χ1n) is 9.68. The summed E-state index contributed by atoms with van der Waals surface area (Å²) in [5.41, 5.74) is 0.258. The number of anilines is 1. The second-order valence-electron chi connectivity index (χ2n) is 7.52. The summed E-state index contributed by atoms with van der Waals surface area (Å²) >= 11 is 0. The van der Waals surface area contributed by atoms with Crippen molar-refractivity contribution < 1.29 is 22.9 Å². The quantitative estimate of drug-likeness (QED) is 0.464. The largest absolute Gasteiger partial charge is 0.497 e. The number of carbonyl (C=O) groups excluding carboxylic acids is 1. The molecule has 0 aliphatic carbocycles. The van der Waals surface area contributed by atoms with Crippen molar-refractivity contribution in [1.82, 2.24) is 5.32 Å². The molecule has 9 nitrogen and oxygen atoms in total. The number of nitrogens with zero attached hydrogens (tertiary/aromatic N) is 2. The van der Waals surface area contributed by atoms with Gasteiger partial charge in [-0.25, -0.2) is 8.42 Å². The van der Waals surface area contributed by atoms with Gasteiger partial charge in [-0.2, -0.15) is 0 Å². The van der Waals surface area contributed by atoms with Gasteiger partial charge < -0.3 is 10.1 Å². The van der Waals surface area contributed by atoms with Crippen molar-refractivity contribution in [2.45, 2.75) is 38.6 Å². The summed E-state index contributed by atoms with van der Waals surface area (Å²) in [4.78, 5) is 23.0.